The van der Waals surface area contributed by atoms with E-state index >= 15 is 0 Å². The average molecular weight is 403 g/mol. The molecule has 3 aromatic rings. The summed E-state index contributed by atoms with van der Waals surface area (Å²) < 4.78 is 5.05. The predicted octanol–water partition coefficient (Wildman–Crippen LogP) is 2.64. The molecule has 4 rings (SSSR count). The second-order valence-corrected chi connectivity index (χ2v) is 6.90. The molecule has 0 saturated carbocycles. The lowest BCUT2D eigenvalue weighted by Crippen LogP contribution is -2.44. The molecule has 3 N–H and O–H groups in total. The van der Waals surface area contributed by atoms with Crippen LogP contribution < -0.4 is 10.6 Å². The van der Waals surface area contributed by atoms with Crippen molar-refractivity contribution in [3.05, 3.63) is 29.8 Å². The minimum Gasteiger partial charge on any atom is -0.365 e. The van der Waals surface area contributed by atoms with Gasteiger partial charge in [0.1, 0.15) is 22.0 Å². The van der Waals surface area contributed by atoms with Crippen molar-refractivity contribution in [2.45, 2.75) is 25.8 Å². The van der Waals surface area contributed by atoms with Gasteiger partial charge in [-0.15, -0.1) is 0 Å². The van der Waals surface area contributed by atoms with E-state index < -0.39 is 0 Å². The summed E-state index contributed by atoms with van der Waals surface area (Å²) in [7, 11) is 0. The van der Waals surface area contributed by atoms with Crippen LogP contribution in [0.5, 0.6) is 0 Å². The number of hydrogen-bond donors (Lipinski definition) is 3. The number of aromatic amines is 1. The number of amides is 1. The molecule has 28 heavy (non-hydrogen) atoms. The third kappa shape index (κ3) is 3.50. The van der Waals surface area contributed by atoms with Gasteiger partial charge in [-0.2, -0.15) is 15.1 Å². The van der Waals surface area contributed by atoms with E-state index in [0.29, 0.717) is 52.5 Å². The number of carbonyl (C=O) groups excluding carboxylic acids is 1. The lowest BCUT2D eigenvalue weighted by molar-refractivity contribution is -0.127. The minimum atomic E-state index is -0.0778. The van der Waals surface area contributed by atoms with E-state index in [0.717, 1.165) is 12.8 Å². The number of aromatic nitrogens is 5. The van der Waals surface area contributed by atoms with E-state index in [1.807, 2.05) is 0 Å². The number of rotatable bonds is 5. The van der Waals surface area contributed by atoms with Crippen LogP contribution in [-0.2, 0) is 4.79 Å². The molecule has 1 unspecified atom stereocenters. The molecule has 10 nitrogen and oxygen atoms in total. The van der Waals surface area contributed by atoms with Crippen molar-refractivity contribution in [3.63, 3.8) is 0 Å². The molecule has 4 heterocycles. The van der Waals surface area contributed by atoms with Crippen molar-refractivity contribution in [2.75, 3.05) is 23.7 Å². The summed E-state index contributed by atoms with van der Waals surface area (Å²) in [4.78, 5) is 22.7. The minimum absolute atomic E-state index is 0.0203. The van der Waals surface area contributed by atoms with Gasteiger partial charge in [-0.05, 0) is 25.8 Å². The molecule has 3 aromatic heterocycles. The average Bonchev–Trinajstić information content (AvgIpc) is 3.27. The number of hydrogen-bond acceptors (Lipinski definition) is 8. The second kappa shape index (κ2) is 7.47. The maximum atomic E-state index is 11.9. The van der Waals surface area contributed by atoms with Gasteiger partial charge in [0.05, 0.1) is 6.20 Å². The van der Waals surface area contributed by atoms with E-state index in [1.54, 1.807) is 18.0 Å². The van der Waals surface area contributed by atoms with Crippen molar-refractivity contribution < 1.29 is 9.32 Å². The Morgan fingerprint density at radius 3 is 3.11 bits per heavy atom. The highest BCUT2D eigenvalue weighted by atomic mass is 35.5. The lowest BCUT2D eigenvalue weighted by Gasteiger charge is -2.32. The van der Waals surface area contributed by atoms with Gasteiger partial charge in [-0.1, -0.05) is 23.3 Å². The number of carbonyl (C=O) groups is 1. The fourth-order valence-electron chi connectivity index (χ4n) is 3.21. The van der Waals surface area contributed by atoms with Gasteiger partial charge in [0.2, 0.25) is 11.9 Å². The fraction of sp³-hybridized carbons (Fsp3) is 0.353. The Bertz CT molecular complexity index is 1030. The Hall–Kier alpha value is -3.14. The first kappa shape index (κ1) is 18.2. The highest BCUT2D eigenvalue weighted by molar-refractivity contribution is 6.35. The SMILES string of the molecule is C=CC(=O)N1CCCC(Nc2nc(Nc3cnoc3C)nc3n[nH]c(Cl)c23)C1. The molecular weight excluding hydrogens is 384 g/mol. The number of H-pyrrole nitrogens is 1. The number of nitrogens with zero attached hydrogens (tertiary/aromatic N) is 5. The molecule has 1 amide bonds. The Labute approximate surface area is 165 Å². The number of anilines is 3. The largest absolute Gasteiger partial charge is 0.365 e. The van der Waals surface area contributed by atoms with Crippen molar-refractivity contribution >= 4 is 46.0 Å². The first-order valence-corrected chi connectivity index (χ1v) is 9.20. The monoisotopic (exact) mass is 402 g/mol. The molecule has 1 fully saturated rings. The maximum absolute atomic E-state index is 11.9. The summed E-state index contributed by atoms with van der Waals surface area (Å²) in [6, 6.07) is 0.0203. The normalized spacial score (nSPS) is 16.9. The summed E-state index contributed by atoms with van der Waals surface area (Å²) in [5.41, 5.74) is 1.08. The standard InChI is InChI=1S/C17H19ClN8O2/c1-3-12(27)26-6-4-5-10(8-26)20-15-13-14(18)24-25-16(13)23-17(22-15)21-11-7-19-28-9(11)2/h3,7,10H,1,4-6,8H2,2H3,(H3,20,21,22,23,24,25). The van der Waals surface area contributed by atoms with Gasteiger partial charge in [-0.25, -0.2) is 0 Å². The van der Waals surface area contributed by atoms with Gasteiger partial charge in [0.25, 0.3) is 0 Å². The Kier molecular flexibility index (Phi) is 4.86. The third-order valence-corrected chi connectivity index (χ3v) is 4.89. The van der Waals surface area contributed by atoms with Crippen LogP contribution in [0.2, 0.25) is 5.15 Å². The van der Waals surface area contributed by atoms with Crippen LogP contribution in [0, 0.1) is 6.92 Å². The topological polar surface area (TPSA) is 125 Å². The van der Waals surface area contributed by atoms with Crippen LogP contribution in [0.4, 0.5) is 17.5 Å². The summed E-state index contributed by atoms with van der Waals surface area (Å²) in [6.07, 6.45) is 4.67. The summed E-state index contributed by atoms with van der Waals surface area (Å²) in [5.74, 6) is 1.41. The van der Waals surface area contributed by atoms with Gasteiger partial charge < -0.3 is 20.1 Å². The van der Waals surface area contributed by atoms with Crippen molar-refractivity contribution in [1.29, 1.82) is 0 Å². The van der Waals surface area contributed by atoms with Crippen molar-refractivity contribution in [2.24, 2.45) is 0 Å². The van der Waals surface area contributed by atoms with E-state index in [-0.39, 0.29) is 11.9 Å². The maximum Gasteiger partial charge on any atom is 0.246 e. The molecule has 11 heteroatoms. The molecule has 0 radical (unpaired) electrons. The molecule has 146 valence electrons. The smallest absolute Gasteiger partial charge is 0.246 e. The van der Waals surface area contributed by atoms with Gasteiger partial charge in [-0.3, -0.25) is 9.89 Å². The highest BCUT2D eigenvalue weighted by Crippen LogP contribution is 2.30. The van der Waals surface area contributed by atoms with E-state index in [1.165, 1.54) is 6.08 Å². The number of piperidine rings is 1. The van der Waals surface area contributed by atoms with E-state index in [2.05, 4.69) is 42.5 Å². The zero-order valence-corrected chi connectivity index (χ0v) is 16.0. The first-order valence-electron chi connectivity index (χ1n) is 8.83. The molecular formula is C17H19ClN8O2. The molecule has 1 aliphatic rings. The van der Waals surface area contributed by atoms with Crippen LogP contribution in [0.3, 0.4) is 0 Å². The first-order chi connectivity index (χ1) is 13.5. The molecule has 0 aliphatic carbocycles. The van der Waals surface area contributed by atoms with Gasteiger partial charge in [0, 0.05) is 19.1 Å². The molecule has 0 aromatic carbocycles. The van der Waals surface area contributed by atoms with E-state index in [9.17, 15) is 4.79 Å². The molecule has 0 spiro atoms. The lowest BCUT2D eigenvalue weighted by atomic mass is 10.1. The van der Waals surface area contributed by atoms with Gasteiger partial charge in [0.15, 0.2) is 11.4 Å². The number of fused-ring (bicyclic) bond motifs is 1. The van der Waals surface area contributed by atoms with Crippen LogP contribution >= 0.6 is 11.6 Å². The van der Waals surface area contributed by atoms with Crippen LogP contribution in [-0.4, -0.2) is 55.3 Å². The fourth-order valence-corrected chi connectivity index (χ4v) is 3.42. The second-order valence-electron chi connectivity index (χ2n) is 6.52. The Balaban J connectivity index is 1.63. The molecule has 1 saturated heterocycles. The Morgan fingerprint density at radius 2 is 2.36 bits per heavy atom. The van der Waals surface area contributed by atoms with Crippen LogP contribution in [0.25, 0.3) is 11.0 Å². The number of likely N-dealkylation sites (tertiary alicyclic amines) is 1. The molecule has 0 bridgehead atoms. The molecule has 1 atom stereocenters. The zero-order chi connectivity index (χ0) is 19.7. The van der Waals surface area contributed by atoms with E-state index in [4.69, 9.17) is 16.1 Å². The van der Waals surface area contributed by atoms with Crippen LogP contribution in [0.1, 0.15) is 18.6 Å². The third-order valence-electron chi connectivity index (χ3n) is 4.62. The van der Waals surface area contributed by atoms with Gasteiger partial charge >= 0.3 is 0 Å². The van der Waals surface area contributed by atoms with Crippen molar-refractivity contribution in [1.82, 2.24) is 30.2 Å². The van der Waals surface area contributed by atoms with Crippen LogP contribution in [0.15, 0.2) is 23.4 Å². The predicted molar refractivity (Wildman–Crippen MR) is 105 cm³/mol. The summed E-state index contributed by atoms with van der Waals surface area (Å²) in [6.45, 7) is 6.62. The number of halogens is 1. The van der Waals surface area contributed by atoms with Crippen molar-refractivity contribution in [3.8, 4) is 0 Å². The molecule has 1 aliphatic heterocycles. The quantitative estimate of drug-likeness (QED) is 0.556. The number of nitrogens with one attached hydrogen (secondary N) is 3. The summed E-state index contributed by atoms with van der Waals surface area (Å²) in [5, 5.41) is 18.0. The highest BCUT2D eigenvalue weighted by Gasteiger charge is 2.24. The summed E-state index contributed by atoms with van der Waals surface area (Å²) >= 11 is 6.26. The zero-order valence-electron chi connectivity index (χ0n) is 15.2. The Morgan fingerprint density at radius 1 is 1.50 bits per heavy atom. The number of aryl methyl sites for hydroxylation is 1.